The van der Waals surface area contributed by atoms with E-state index in [1.807, 2.05) is 13.0 Å². The molecule has 0 atom stereocenters. The van der Waals surface area contributed by atoms with Gasteiger partial charge in [-0.05, 0) is 67.8 Å². The van der Waals surface area contributed by atoms with E-state index < -0.39 is 15.9 Å². The Kier molecular flexibility index (Phi) is 5.97. The predicted molar refractivity (Wildman–Crippen MR) is 125 cm³/mol. The van der Waals surface area contributed by atoms with Crippen LogP contribution in [0.25, 0.3) is 0 Å². The van der Waals surface area contributed by atoms with Crippen molar-refractivity contribution in [1.29, 1.82) is 0 Å². The van der Waals surface area contributed by atoms with Gasteiger partial charge in [-0.3, -0.25) is 9.10 Å². The third-order valence-electron chi connectivity index (χ3n) is 5.20. The zero-order valence-corrected chi connectivity index (χ0v) is 19.1. The van der Waals surface area contributed by atoms with Gasteiger partial charge in [-0.2, -0.15) is 0 Å². The van der Waals surface area contributed by atoms with Gasteiger partial charge in [0.25, 0.3) is 15.9 Å². The maximum absolute atomic E-state index is 13.3. The molecule has 0 saturated carbocycles. The highest BCUT2D eigenvalue weighted by atomic mass is 35.5. The highest BCUT2D eigenvalue weighted by Gasteiger charge is 2.29. The smallest absolute Gasteiger partial charge is 0.264 e. The molecule has 0 radical (unpaired) electrons. The van der Waals surface area contributed by atoms with Gasteiger partial charge in [0.2, 0.25) is 0 Å². The molecular formula is C23H20Cl2N2O3S. The summed E-state index contributed by atoms with van der Waals surface area (Å²) in [7, 11) is -3.72. The Bertz CT molecular complexity index is 1260. The Morgan fingerprint density at radius 1 is 1.00 bits per heavy atom. The SMILES string of the molecule is Cc1ccc(S(=O)(=O)N2CCCc3ccc(NC(=O)c4ccc(Cl)cc4Cl)cc32)cc1. The minimum atomic E-state index is -3.72. The van der Waals surface area contributed by atoms with Crippen molar-refractivity contribution in [3.63, 3.8) is 0 Å². The van der Waals surface area contributed by atoms with E-state index >= 15 is 0 Å². The summed E-state index contributed by atoms with van der Waals surface area (Å²) in [4.78, 5) is 12.9. The first-order chi connectivity index (χ1) is 14.8. The van der Waals surface area contributed by atoms with Gasteiger partial charge >= 0.3 is 0 Å². The Labute approximate surface area is 191 Å². The Morgan fingerprint density at radius 3 is 2.45 bits per heavy atom. The van der Waals surface area contributed by atoms with E-state index in [1.165, 1.54) is 10.4 Å². The summed E-state index contributed by atoms with van der Waals surface area (Å²) in [6.07, 6.45) is 1.50. The van der Waals surface area contributed by atoms with Crippen molar-refractivity contribution in [2.75, 3.05) is 16.2 Å². The van der Waals surface area contributed by atoms with Crippen LogP contribution in [0.1, 0.15) is 27.9 Å². The highest BCUT2D eigenvalue weighted by Crippen LogP contribution is 2.34. The first kappa shape index (κ1) is 21.7. The first-order valence-corrected chi connectivity index (χ1v) is 11.9. The molecule has 3 aromatic carbocycles. The molecule has 0 aromatic heterocycles. The normalized spacial score (nSPS) is 13.6. The van der Waals surface area contributed by atoms with Crippen molar-refractivity contribution in [3.8, 4) is 0 Å². The van der Waals surface area contributed by atoms with E-state index in [4.69, 9.17) is 23.2 Å². The van der Waals surface area contributed by atoms with E-state index in [-0.39, 0.29) is 15.5 Å². The number of anilines is 2. The molecule has 1 heterocycles. The lowest BCUT2D eigenvalue weighted by molar-refractivity contribution is 0.102. The summed E-state index contributed by atoms with van der Waals surface area (Å²) in [5.41, 5.74) is 3.26. The maximum atomic E-state index is 13.3. The van der Waals surface area contributed by atoms with Crippen LogP contribution in [0.4, 0.5) is 11.4 Å². The van der Waals surface area contributed by atoms with Crippen molar-refractivity contribution in [2.45, 2.75) is 24.7 Å². The van der Waals surface area contributed by atoms with E-state index in [1.54, 1.807) is 48.5 Å². The van der Waals surface area contributed by atoms with Gasteiger partial charge in [0.1, 0.15) is 0 Å². The van der Waals surface area contributed by atoms with Gasteiger partial charge in [-0.1, -0.05) is 47.0 Å². The first-order valence-electron chi connectivity index (χ1n) is 9.74. The van der Waals surface area contributed by atoms with Crippen LogP contribution in [0, 0.1) is 6.92 Å². The number of benzene rings is 3. The third-order valence-corrected chi connectivity index (χ3v) is 7.58. The average molecular weight is 475 g/mol. The number of sulfonamides is 1. The average Bonchev–Trinajstić information content (AvgIpc) is 2.73. The molecule has 8 heteroatoms. The van der Waals surface area contributed by atoms with Crippen LogP contribution in [0.2, 0.25) is 10.0 Å². The summed E-state index contributed by atoms with van der Waals surface area (Å²) in [6.45, 7) is 2.29. The minimum Gasteiger partial charge on any atom is -0.322 e. The lowest BCUT2D eigenvalue weighted by Crippen LogP contribution is -2.35. The fraction of sp³-hybridized carbons (Fsp3) is 0.174. The second-order valence-electron chi connectivity index (χ2n) is 7.42. The summed E-state index contributed by atoms with van der Waals surface area (Å²) in [5.74, 6) is -0.398. The Hall–Kier alpha value is -2.54. The van der Waals surface area contributed by atoms with Crippen LogP contribution < -0.4 is 9.62 Å². The fourth-order valence-electron chi connectivity index (χ4n) is 3.58. The maximum Gasteiger partial charge on any atom is 0.264 e. The van der Waals surface area contributed by atoms with Crippen molar-refractivity contribution >= 4 is 50.5 Å². The Balaban J connectivity index is 1.66. The predicted octanol–water partition coefficient (Wildman–Crippen LogP) is 5.70. The number of nitrogens with zero attached hydrogens (tertiary/aromatic N) is 1. The molecule has 0 spiro atoms. The number of aryl methyl sites for hydroxylation is 2. The summed E-state index contributed by atoms with van der Waals surface area (Å²) in [5, 5.41) is 3.48. The molecule has 0 bridgehead atoms. The van der Waals surface area contributed by atoms with Gasteiger partial charge < -0.3 is 5.32 Å². The lowest BCUT2D eigenvalue weighted by Gasteiger charge is -2.31. The number of hydrogen-bond acceptors (Lipinski definition) is 3. The second-order valence-corrected chi connectivity index (χ2v) is 10.1. The zero-order valence-electron chi connectivity index (χ0n) is 16.7. The van der Waals surface area contributed by atoms with Crippen molar-refractivity contribution in [3.05, 3.63) is 87.4 Å². The molecule has 1 aliphatic rings. The van der Waals surface area contributed by atoms with Crippen LogP contribution in [0.15, 0.2) is 65.6 Å². The van der Waals surface area contributed by atoms with E-state index in [0.717, 1.165) is 24.0 Å². The molecule has 1 N–H and O–H groups in total. The molecule has 0 fully saturated rings. The number of carbonyl (C=O) groups excluding carboxylic acids is 1. The van der Waals surface area contributed by atoms with Crippen LogP contribution >= 0.6 is 23.2 Å². The molecule has 31 heavy (non-hydrogen) atoms. The fourth-order valence-corrected chi connectivity index (χ4v) is 5.61. The molecule has 0 aliphatic carbocycles. The van der Waals surface area contributed by atoms with Crippen LogP contribution in [0.3, 0.4) is 0 Å². The number of halogens is 2. The van der Waals surface area contributed by atoms with Crippen LogP contribution in [-0.4, -0.2) is 20.9 Å². The molecule has 5 nitrogen and oxygen atoms in total. The van der Waals surface area contributed by atoms with Gasteiger partial charge in [-0.25, -0.2) is 8.42 Å². The number of amides is 1. The number of carbonyl (C=O) groups is 1. The largest absolute Gasteiger partial charge is 0.322 e. The topological polar surface area (TPSA) is 66.5 Å². The molecule has 0 saturated heterocycles. The van der Waals surface area contributed by atoms with E-state index in [2.05, 4.69) is 5.32 Å². The van der Waals surface area contributed by atoms with Crippen molar-refractivity contribution < 1.29 is 13.2 Å². The zero-order chi connectivity index (χ0) is 22.2. The van der Waals surface area contributed by atoms with Gasteiger partial charge in [-0.15, -0.1) is 0 Å². The van der Waals surface area contributed by atoms with E-state index in [9.17, 15) is 13.2 Å². The second kappa shape index (κ2) is 8.54. The third kappa shape index (κ3) is 4.42. The summed E-state index contributed by atoms with van der Waals surface area (Å²) in [6, 6.07) is 16.8. The van der Waals surface area contributed by atoms with Crippen molar-refractivity contribution in [2.24, 2.45) is 0 Å². The highest BCUT2D eigenvalue weighted by molar-refractivity contribution is 7.92. The number of nitrogens with one attached hydrogen (secondary N) is 1. The number of rotatable bonds is 4. The molecule has 1 amide bonds. The molecular weight excluding hydrogens is 455 g/mol. The quantitative estimate of drug-likeness (QED) is 0.527. The van der Waals surface area contributed by atoms with E-state index in [0.29, 0.717) is 22.9 Å². The molecule has 160 valence electrons. The lowest BCUT2D eigenvalue weighted by atomic mass is 10.0. The molecule has 0 unspecified atom stereocenters. The number of fused-ring (bicyclic) bond motifs is 1. The van der Waals surface area contributed by atoms with Gasteiger partial charge in [0.15, 0.2) is 0 Å². The van der Waals surface area contributed by atoms with Gasteiger partial charge in [0.05, 0.1) is 21.2 Å². The van der Waals surface area contributed by atoms with Gasteiger partial charge in [0, 0.05) is 17.3 Å². The van der Waals surface area contributed by atoms with Crippen LogP contribution in [0.5, 0.6) is 0 Å². The summed E-state index contributed by atoms with van der Waals surface area (Å²) < 4.78 is 28.0. The minimum absolute atomic E-state index is 0.242. The molecule has 3 aromatic rings. The van der Waals surface area contributed by atoms with Crippen LogP contribution in [-0.2, 0) is 16.4 Å². The number of hydrogen-bond donors (Lipinski definition) is 1. The van der Waals surface area contributed by atoms with Crippen molar-refractivity contribution in [1.82, 2.24) is 0 Å². The monoisotopic (exact) mass is 474 g/mol. The summed E-state index contributed by atoms with van der Waals surface area (Å²) >= 11 is 12.0. The standard InChI is InChI=1S/C23H20Cl2N2O3S/c1-15-4-9-19(10-5-15)31(29,30)27-12-2-3-16-6-8-18(14-22(16)27)26-23(28)20-11-7-17(24)13-21(20)25/h4-11,13-14H,2-3,12H2,1H3,(H,26,28). The Morgan fingerprint density at radius 2 is 1.74 bits per heavy atom. The molecule has 4 rings (SSSR count). The molecule has 1 aliphatic heterocycles.